The highest BCUT2D eigenvalue weighted by molar-refractivity contribution is 6.51. The summed E-state index contributed by atoms with van der Waals surface area (Å²) < 4.78 is 6.13. The van der Waals surface area contributed by atoms with E-state index in [2.05, 4.69) is 20.4 Å². The highest BCUT2D eigenvalue weighted by Crippen LogP contribution is 2.64. The Bertz CT molecular complexity index is 752. The van der Waals surface area contributed by atoms with Crippen LogP contribution in [0.5, 0.6) is 0 Å². The number of fused-ring (bicyclic) bond motifs is 2. The molecule has 0 aliphatic heterocycles. The molecule has 0 amide bonds. The summed E-state index contributed by atoms with van der Waals surface area (Å²) >= 11 is 0. The van der Waals surface area contributed by atoms with Crippen LogP contribution in [-0.2, 0) is 14.3 Å². The summed E-state index contributed by atoms with van der Waals surface area (Å²) in [7, 11) is 1.71. The molecule has 0 aromatic rings. The van der Waals surface area contributed by atoms with Gasteiger partial charge in [-0.3, -0.25) is 9.59 Å². The number of allylic oxidation sites excluding steroid dienone is 3. The number of ketones is 2. The van der Waals surface area contributed by atoms with Crippen LogP contribution in [-0.4, -0.2) is 29.4 Å². The van der Waals surface area contributed by atoms with E-state index in [4.69, 9.17) is 4.74 Å². The number of carbonyl (C=O) groups is 2. The maximum atomic E-state index is 13.1. The second-order valence-corrected chi connectivity index (χ2v) is 8.62. The van der Waals surface area contributed by atoms with Gasteiger partial charge in [-0.25, -0.2) is 0 Å². The Hall–Kier alpha value is -1.68. The molecular weight excluding hydrogens is 316 g/mol. The average molecular weight is 344 g/mol. The first-order valence-corrected chi connectivity index (χ1v) is 9.01. The molecule has 1 saturated carbocycles. The van der Waals surface area contributed by atoms with Crippen LogP contribution in [0.15, 0.2) is 34.6 Å². The van der Waals surface area contributed by atoms with E-state index < -0.39 is 22.6 Å². The Kier molecular flexibility index (Phi) is 3.92. The lowest BCUT2D eigenvalue weighted by Gasteiger charge is -2.62. The lowest BCUT2D eigenvalue weighted by Crippen LogP contribution is -2.64. The van der Waals surface area contributed by atoms with Gasteiger partial charge in [0, 0.05) is 23.7 Å². The zero-order valence-corrected chi connectivity index (χ0v) is 15.9. The van der Waals surface area contributed by atoms with Crippen molar-refractivity contribution in [3.05, 3.63) is 34.6 Å². The van der Waals surface area contributed by atoms with Gasteiger partial charge in [-0.1, -0.05) is 33.8 Å². The molecule has 3 aliphatic rings. The van der Waals surface area contributed by atoms with Crippen LogP contribution in [0.4, 0.5) is 0 Å². The molecule has 0 saturated heterocycles. The summed E-state index contributed by atoms with van der Waals surface area (Å²) in [5, 5.41) is 10.8. The van der Waals surface area contributed by atoms with Gasteiger partial charge in [-0.2, -0.15) is 0 Å². The molecule has 2 atom stereocenters. The smallest absolute Gasteiger partial charge is 0.237 e. The monoisotopic (exact) mass is 344 g/mol. The molecule has 0 aromatic heterocycles. The molecule has 1 N–H and O–H groups in total. The SMILES string of the molecule is C=C(C)C1=C(O)C2=C(C(=O)C1=O)[C@@]1(C)CCCC(C)(C)[C@]1(OC)CC2. The van der Waals surface area contributed by atoms with Gasteiger partial charge in [0.2, 0.25) is 11.6 Å². The van der Waals surface area contributed by atoms with Crippen molar-refractivity contribution >= 4 is 11.6 Å². The Labute approximate surface area is 149 Å². The standard InChI is InChI=1S/C21H28O4/c1-12(2)14-16(22)13-8-11-21(25-6)19(3,4)9-7-10-20(21,5)15(13)18(24)17(14)23/h22H,1,7-11H2,2-6H3/t20-,21-/m1/s1. The quantitative estimate of drug-likeness (QED) is 0.602. The van der Waals surface area contributed by atoms with Gasteiger partial charge >= 0.3 is 0 Å². The van der Waals surface area contributed by atoms with Crippen molar-refractivity contribution in [3.8, 4) is 0 Å². The molecule has 1 fully saturated rings. The van der Waals surface area contributed by atoms with Crippen molar-refractivity contribution < 1.29 is 19.4 Å². The number of hydrogen-bond acceptors (Lipinski definition) is 4. The topological polar surface area (TPSA) is 63.6 Å². The fourth-order valence-corrected chi connectivity index (χ4v) is 5.84. The maximum absolute atomic E-state index is 13.1. The first-order chi connectivity index (χ1) is 11.5. The van der Waals surface area contributed by atoms with E-state index in [-0.39, 0.29) is 16.7 Å². The summed E-state index contributed by atoms with van der Waals surface area (Å²) in [6.45, 7) is 11.8. The molecule has 3 rings (SSSR count). The van der Waals surface area contributed by atoms with Crippen LogP contribution in [0, 0.1) is 10.8 Å². The maximum Gasteiger partial charge on any atom is 0.237 e. The van der Waals surface area contributed by atoms with Crippen molar-refractivity contribution in [1.29, 1.82) is 0 Å². The number of carbonyl (C=O) groups excluding carboxylic acids is 2. The molecule has 0 heterocycles. The number of aliphatic hydroxyl groups excluding tert-OH is 1. The van der Waals surface area contributed by atoms with Gasteiger partial charge in [-0.05, 0) is 43.6 Å². The minimum Gasteiger partial charge on any atom is -0.507 e. The predicted molar refractivity (Wildman–Crippen MR) is 96.2 cm³/mol. The Balaban J connectivity index is 2.31. The lowest BCUT2D eigenvalue weighted by molar-refractivity contribution is -0.199. The normalized spacial score (nSPS) is 34.8. The third kappa shape index (κ3) is 2.03. The molecule has 0 aromatic carbocycles. The number of hydrogen-bond donors (Lipinski definition) is 1. The molecule has 0 radical (unpaired) electrons. The minimum absolute atomic E-state index is 0.0543. The van der Waals surface area contributed by atoms with Crippen LogP contribution < -0.4 is 0 Å². The predicted octanol–water partition coefficient (Wildman–Crippen LogP) is 4.22. The highest BCUT2D eigenvalue weighted by atomic mass is 16.5. The van der Waals surface area contributed by atoms with Crippen LogP contribution in [0.3, 0.4) is 0 Å². The lowest BCUT2D eigenvalue weighted by atomic mass is 9.46. The molecule has 0 unspecified atom stereocenters. The average Bonchev–Trinajstić information content (AvgIpc) is 2.51. The Morgan fingerprint density at radius 3 is 2.32 bits per heavy atom. The second-order valence-electron chi connectivity index (χ2n) is 8.62. The molecular formula is C21H28O4. The number of aliphatic hydroxyl groups is 1. The first kappa shape index (κ1) is 18.1. The van der Waals surface area contributed by atoms with Crippen molar-refractivity contribution in [2.24, 2.45) is 10.8 Å². The summed E-state index contributed by atoms with van der Waals surface area (Å²) in [5.74, 6) is -1.19. The largest absolute Gasteiger partial charge is 0.507 e. The van der Waals surface area contributed by atoms with E-state index in [0.717, 1.165) is 25.7 Å². The summed E-state index contributed by atoms with van der Waals surface area (Å²) in [6.07, 6.45) is 4.01. The molecule has 25 heavy (non-hydrogen) atoms. The number of Topliss-reactive ketones (excluding diaryl/α,β-unsaturated/α-hetero) is 2. The number of rotatable bonds is 2. The van der Waals surface area contributed by atoms with Gasteiger partial charge in [0.1, 0.15) is 5.76 Å². The van der Waals surface area contributed by atoms with Crippen LogP contribution in [0.2, 0.25) is 0 Å². The Morgan fingerprint density at radius 2 is 1.76 bits per heavy atom. The van der Waals surface area contributed by atoms with Crippen molar-refractivity contribution in [1.82, 2.24) is 0 Å². The highest BCUT2D eigenvalue weighted by Gasteiger charge is 2.65. The van der Waals surface area contributed by atoms with Crippen molar-refractivity contribution in [2.75, 3.05) is 7.11 Å². The summed E-state index contributed by atoms with van der Waals surface area (Å²) in [5.41, 5.74) is 0.376. The van der Waals surface area contributed by atoms with Crippen LogP contribution >= 0.6 is 0 Å². The molecule has 0 spiro atoms. The van der Waals surface area contributed by atoms with Gasteiger partial charge in [0.25, 0.3) is 0 Å². The van der Waals surface area contributed by atoms with Gasteiger partial charge in [-0.15, -0.1) is 0 Å². The second kappa shape index (κ2) is 5.41. The van der Waals surface area contributed by atoms with Crippen LogP contribution in [0.25, 0.3) is 0 Å². The van der Waals surface area contributed by atoms with E-state index in [1.165, 1.54) is 0 Å². The minimum atomic E-state index is -0.639. The van der Waals surface area contributed by atoms with E-state index in [1.807, 2.05) is 6.92 Å². The molecule has 4 nitrogen and oxygen atoms in total. The third-order valence-electron chi connectivity index (χ3n) is 7.00. The summed E-state index contributed by atoms with van der Waals surface area (Å²) in [4.78, 5) is 25.8. The number of methoxy groups -OCH3 is 1. The van der Waals surface area contributed by atoms with E-state index in [9.17, 15) is 14.7 Å². The van der Waals surface area contributed by atoms with Crippen molar-refractivity contribution in [3.63, 3.8) is 0 Å². The molecule has 136 valence electrons. The fraction of sp³-hybridized carbons (Fsp3) is 0.619. The van der Waals surface area contributed by atoms with E-state index in [1.54, 1.807) is 14.0 Å². The van der Waals surface area contributed by atoms with E-state index in [0.29, 0.717) is 23.1 Å². The fourth-order valence-electron chi connectivity index (χ4n) is 5.84. The molecule has 3 aliphatic carbocycles. The zero-order chi connectivity index (χ0) is 18.8. The summed E-state index contributed by atoms with van der Waals surface area (Å²) in [6, 6.07) is 0. The van der Waals surface area contributed by atoms with Gasteiger partial charge in [0.05, 0.1) is 11.2 Å². The number of ether oxygens (including phenoxy) is 1. The first-order valence-electron chi connectivity index (χ1n) is 9.01. The molecule has 0 bridgehead atoms. The van der Waals surface area contributed by atoms with Gasteiger partial charge in [0.15, 0.2) is 0 Å². The Morgan fingerprint density at radius 1 is 1.12 bits per heavy atom. The zero-order valence-electron chi connectivity index (χ0n) is 15.9. The van der Waals surface area contributed by atoms with Crippen molar-refractivity contribution in [2.45, 2.75) is 65.4 Å². The molecule has 4 heteroatoms. The third-order valence-corrected chi connectivity index (χ3v) is 7.00. The van der Waals surface area contributed by atoms with Crippen LogP contribution in [0.1, 0.15) is 59.8 Å². The van der Waals surface area contributed by atoms with E-state index >= 15 is 0 Å². The van der Waals surface area contributed by atoms with Gasteiger partial charge < -0.3 is 9.84 Å².